The molecule has 1 rings (SSSR count). The van der Waals surface area contributed by atoms with Crippen molar-refractivity contribution in [2.24, 2.45) is 17.1 Å². The number of carbonyl (C=O) groups excluding carboxylic acids is 2. The van der Waals surface area contributed by atoms with Crippen molar-refractivity contribution in [3.05, 3.63) is 0 Å². The molecule has 0 aliphatic carbocycles. The second kappa shape index (κ2) is 5.49. The first-order chi connectivity index (χ1) is 7.83. The SMILES string of the molecule is CC(C)(C)CC(CN)C(=O)N1CCNC(=O)C1. The third-order valence-electron chi connectivity index (χ3n) is 2.84. The zero-order valence-electron chi connectivity index (χ0n) is 11.0. The number of nitrogens with zero attached hydrogens (tertiary/aromatic N) is 1. The van der Waals surface area contributed by atoms with Gasteiger partial charge in [-0.1, -0.05) is 20.8 Å². The van der Waals surface area contributed by atoms with Crippen LogP contribution in [0.5, 0.6) is 0 Å². The van der Waals surface area contributed by atoms with Gasteiger partial charge in [-0.2, -0.15) is 0 Å². The van der Waals surface area contributed by atoms with Crippen molar-refractivity contribution >= 4 is 11.8 Å². The highest BCUT2D eigenvalue weighted by Gasteiger charge is 2.29. The molecule has 5 heteroatoms. The average Bonchev–Trinajstić information content (AvgIpc) is 2.23. The highest BCUT2D eigenvalue weighted by atomic mass is 16.2. The summed E-state index contributed by atoms with van der Waals surface area (Å²) in [4.78, 5) is 25.1. The fourth-order valence-corrected chi connectivity index (χ4v) is 2.10. The Kier molecular flexibility index (Phi) is 4.51. The van der Waals surface area contributed by atoms with Crippen LogP contribution in [-0.2, 0) is 9.59 Å². The number of piperazine rings is 1. The van der Waals surface area contributed by atoms with E-state index in [9.17, 15) is 9.59 Å². The van der Waals surface area contributed by atoms with Gasteiger partial charge in [0.15, 0.2) is 0 Å². The van der Waals surface area contributed by atoms with Crippen LogP contribution in [0.15, 0.2) is 0 Å². The fraction of sp³-hybridized carbons (Fsp3) is 0.833. The second-order valence-corrected chi connectivity index (χ2v) is 5.81. The topological polar surface area (TPSA) is 75.4 Å². The van der Waals surface area contributed by atoms with E-state index in [0.29, 0.717) is 19.6 Å². The molecular formula is C12H23N3O2. The van der Waals surface area contributed by atoms with E-state index in [-0.39, 0.29) is 29.7 Å². The molecule has 1 atom stereocenters. The molecule has 2 amide bonds. The van der Waals surface area contributed by atoms with E-state index in [0.717, 1.165) is 6.42 Å². The lowest BCUT2D eigenvalue weighted by atomic mass is 9.84. The van der Waals surface area contributed by atoms with Crippen LogP contribution in [-0.4, -0.2) is 42.9 Å². The Bertz CT molecular complexity index is 297. The van der Waals surface area contributed by atoms with Crippen LogP contribution in [0.25, 0.3) is 0 Å². The van der Waals surface area contributed by atoms with Gasteiger partial charge in [-0.05, 0) is 11.8 Å². The highest BCUT2D eigenvalue weighted by Crippen LogP contribution is 2.25. The Morgan fingerprint density at radius 2 is 2.18 bits per heavy atom. The standard InChI is InChI=1S/C12H23N3O2/c1-12(2,3)6-9(7-13)11(17)15-5-4-14-10(16)8-15/h9H,4-8,13H2,1-3H3,(H,14,16). The van der Waals surface area contributed by atoms with E-state index in [4.69, 9.17) is 5.73 Å². The number of nitrogens with one attached hydrogen (secondary N) is 1. The van der Waals surface area contributed by atoms with Gasteiger partial charge >= 0.3 is 0 Å². The molecule has 3 N–H and O–H groups in total. The maximum atomic E-state index is 12.2. The Hall–Kier alpha value is -1.10. The van der Waals surface area contributed by atoms with Gasteiger partial charge in [-0.3, -0.25) is 9.59 Å². The zero-order chi connectivity index (χ0) is 13.1. The molecule has 98 valence electrons. The van der Waals surface area contributed by atoms with Crippen LogP contribution in [0.4, 0.5) is 0 Å². The first-order valence-electron chi connectivity index (χ1n) is 6.09. The van der Waals surface area contributed by atoms with Crippen molar-refractivity contribution in [1.29, 1.82) is 0 Å². The normalized spacial score (nSPS) is 18.8. The van der Waals surface area contributed by atoms with Crippen LogP contribution in [0.2, 0.25) is 0 Å². The molecule has 0 bridgehead atoms. The zero-order valence-corrected chi connectivity index (χ0v) is 11.0. The van der Waals surface area contributed by atoms with Crippen molar-refractivity contribution in [3.8, 4) is 0 Å². The van der Waals surface area contributed by atoms with Gasteiger partial charge in [0.25, 0.3) is 0 Å². The van der Waals surface area contributed by atoms with Crippen molar-refractivity contribution in [2.45, 2.75) is 27.2 Å². The lowest BCUT2D eigenvalue weighted by Gasteiger charge is -2.32. The molecule has 0 aromatic heterocycles. The molecule has 0 radical (unpaired) electrons. The molecule has 1 unspecified atom stereocenters. The Labute approximate surface area is 103 Å². The minimum Gasteiger partial charge on any atom is -0.353 e. The predicted octanol–water partition coefficient (Wildman–Crippen LogP) is -0.0441. The second-order valence-electron chi connectivity index (χ2n) is 5.81. The van der Waals surface area contributed by atoms with Gasteiger partial charge in [-0.25, -0.2) is 0 Å². The number of carbonyl (C=O) groups is 2. The van der Waals surface area contributed by atoms with E-state index in [1.807, 2.05) is 0 Å². The first-order valence-corrected chi connectivity index (χ1v) is 6.09. The number of hydrogen-bond acceptors (Lipinski definition) is 3. The molecule has 1 aliphatic heterocycles. The fourth-order valence-electron chi connectivity index (χ4n) is 2.10. The maximum Gasteiger partial charge on any atom is 0.239 e. The van der Waals surface area contributed by atoms with Gasteiger partial charge in [0.05, 0.1) is 12.5 Å². The minimum absolute atomic E-state index is 0.0114. The molecule has 0 aromatic rings. The van der Waals surface area contributed by atoms with Gasteiger partial charge < -0.3 is 16.0 Å². The average molecular weight is 241 g/mol. The number of nitrogens with two attached hydrogens (primary N) is 1. The van der Waals surface area contributed by atoms with Crippen molar-refractivity contribution in [2.75, 3.05) is 26.2 Å². The number of amides is 2. The summed E-state index contributed by atoms with van der Waals surface area (Å²) in [5, 5.41) is 2.71. The Morgan fingerprint density at radius 1 is 1.53 bits per heavy atom. The van der Waals surface area contributed by atoms with Gasteiger partial charge in [0, 0.05) is 19.6 Å². The molecule has 0 saturated carbocycles. The molecule has 0 aromatic carbocycles. The summed E-state index contributed by atoms with van der Waals surface area (Å²) >= 11 is 0. The van der Waals surface area contributed by atoms with E-state index < -0.39 is 0 Å². The summed E-state index contributed by atoms with van der Waals surface area (Å²) in [6, 6.07) is 0. The van der Waals surface area contributed by atoms with Gasteiger partial charge in [-0.15, -0.1) is 0 Å². The number of hydrogen-bond donors (Lipinski definition) is 2. The van der Waals surface area contributed by atoms with E-state index in [1.54, 1.807) is 4.90 Å². The highest BCUT2D eigenvalue weighted by molar-refractivity contribution is 5.87. The molecular weight excluding hydrogens is 218 g/mol. The molecule has 1 aliphatic rings. The van der Waals surface area contributed by atoms with E-state index >= 15 is 0 Å². The number of rotatable bonds is 3. The summed E-state index contributed by atoms with van der Waals surface area (Å²) in [7, 11) is 0. The first kappa shape index (κ1) is 14.0. The third kappa shape index (κ3) is 4.34. The van der Waals surface area contributed by atoms with Crippen LogP contribution in [0, 0.1) is 11.3 Å². The Balaban J connectivity index is 2.62. The predicted molar refractivity (Wildman–Crippen MR) is 66.2 cm³/mol. The summed E-state index contributed by atoms with van der Waals surface area (Å²) in [6.45, 7) is 7.90. The lowest BCUT2D eigenvalue weighted by Crippen LogP contribution is -2.52. The summed E-state index contributed by atoms with van der Waals surface area (Å²) < 4.78 is 0. The summed E-state index contributed by atoms with van der Waals surface area (Å²) in [6.07, 6.45) is 0.750. The molecule has 1 fully saturated rings. The maximum absolute atomic E-state index is 12.2. The lowest BCUT2D eigenvalue weighted by molar-refractivity contribution is -0.141. The van der Waals surface area contributed by atoms with Crippen molar-refractivity contribution in [1.82, 2.24) is 10.2 Å². The van der Waals surface area contributed by atoms with E-state index in [2.05, 4.69) is 26.1 Å². The summed E-state index contributed by atoms with van der Waals surface area (Å²) in [5.41, 5.74) is 5.74. The molecule has 1 heterocycles. The van der Waals surface area contributed by atoms with Crippen LogP contribution in [0.1, 0.15) is 27.2 Å². The Morgan fingerprint density at radius 3 is 2.65 bits per heavy atom. The smallest absolute Gasteiger partial charge is 0.239 e. The minimum atomic E-state index is -0.180. The van der Waals surface area contributed by atoms with Crippen molar-refractivity contribution in [3.63, 3.8) is 0 Å². The van der Waals surface area contributed by atoms with E-state index in [1.165, 1.54) is 0 Å². The van der Waals surface area contributed by atoms with Crippen LogP contribution in [0.3, 0.4) is 0 Å². The molecule has 17 heavy (non-hydrogen) atoms. The molecule has 1 saturated heterocycles. The van der Waals surface area contributed by atoms with Crippen molar-refractivity contribution < 1.29 is 9.59 Å². The largest absolute Gasteiger partial charge is 0.353 e. The van der Waals surface area contributed by atoms with Gasteiger partial charge in [0.2, 0.25) is 11.8 Å². The third-order valence-corrected chi connectivity index (χ3v) is 2.84. The monoisotopic (exact) mass is 241 g/mol. The van der Waals surface area contributed by atoms with Crippen LogP contribution >= 0.6 is 0 Å². The molecule has 0 spiro atoms. The quantitative estimate of drug-likeness (QED) is 0.728. The van der Waals surface area contributed by atoms with Gasteiger partial charge in [0.1, 0.15) is 0 Å². The molecule has 5 nitrogen and oxygen atoms in total. The van der Waals surface area contributed by atoms with Crippen LogP contribution < -0.4 is 11.1 Å². The summed E-state index contributed by atoms with van der Waals surface area (Å²) in [5.74, 6) is -0.255.